The third kappa shape index (κ3) is 3.92. The molecule has 9 heteroatoms. The number of aromatic nitrogens is 2. The van der Waals surface area contributed by atoms with Crippen molar-refractivity contribution in [2.45, 2.75) is 4.90 Å². The number of halogens is 3. The fraction of sp³-hybridized carbons (Fsp3) is 0. The Bertz CT molecular complexity index is 1290. The number of hydrogen-bond acceptors (Lipinski definition) is 3. The van der Waals surface area contributed by atoms with Crippen LogP contribution in [-0.4, -0.2) is 18.3 Å². The molecule has 0 aliphatic carbocycles. The van der Waals surface area contributed by atoms with Gasteiger partial charge >= 0.3 is 0 Å². The van der Waals surface area contributed by atoms with E-state index in [0.717, 1.165) is 16.9 Å². The molecule has 0 unspecified atom stereocenters. The van der Waals surface area contributed by atoms with Crippen LogP contribution in [0, 0.1) is 11.6 Å². The van der Waals surface area contributed by atoms with E-state index >= 15 is 0 Å². The highest BCUT2D eigenvalue weighted by Gasteiger charge is 2.22. The summed E-state index contributed by atoms with van der Waals surface area (Å²) in [5.74, 6) is -1.70. The van der Waals surface area contributed by atoms with Crippen molar-refractivity contribution in [3.63, 3.8) is 0 Å². The number of nitrogens with zero attached hydrogens (tertiary/aromatic N) is 2. The highest BCUT2D eigenvalue weighted by atomic mass is 35.5. The van der Waals surface area contributed by atoms with E-state index in [1.165, 1.54) is 24.3 Å². The molecule has 1 N–H and O–H groups in total. The van der Waals surface area contributed by atoms with E-state index in [9.17, 15) is 17.2 Å². The van der Waals surface area contributed by atoms with Crippen LogP contribution in [0.5, 0.6) is 0 Å². The molecule has 0 saturated carbocycles. The molecule has 4 aromatic rings. The summed E-state index contributed by atoms with van der Waals surface area (Å²) >= 11 is 5.91. The molecule has 0 bridgehead atoms. The van der Waals surface area contributed by atoms with Crippen LogP contribution >= 0.6 is 11.6 Å². The summed E-state index contributed by atoms with van der Waals surface area (Å²) in [5, 5.41) is 4.73. The van der Waals surface area contributed by atoms with Crippen LogP contribution in [0.4, 0.5) is 8.78 Å². The van der Waals surface area contributed by atoms with Crippen molar-refractivity contribution in [3.05, 3.63) is 95.5 Å². The van der Waals surface area contributed by atoms with Gasteiger partial charge in [0.2, 0.25) is 0 Å². The Morgan fingerprint density at radius 3 is 2.13 bits per heavy atom. The Morgan fingerprint density at radius 1 is 0.867 bits per heavy atom. The second-order valence-corrected chi connectivity index (χ2v) is 8.44. The van der Waals surface area contributed by atoms with Crippen molar-refractivity contribution in [3.8, 4) is 22.5 Å². The first kappa shape index (κ1) is 20.1. The molecule has 4 rings (SSSR count). The third-order valence-electron chi connectivity index (χ3n) is 4.33. The molecule has 30 heavy (non-hydrogen) atoms. The first-order valence-corrected chi connectivity index (χ1v) is 10.6. The monoisotopic (exact) mass is 445 g/mol. The highest BCUT2D eigenvalue weighted by molar-refractivity contribution is 7.92. The van der Waals surface area contributed by atoms with Gasteiger partial charge in [0.05, 0.1) is 21.8 Å². The molecule has 1 heterocycles. The molecular weight excluding hydrogens is 432 g/mol. The van der Waals surface area contributed by atoms with Crippen LogP contribution in [0.2, 0.25) is 5.02 Å². The maximum absolute atomic E-state index is 14.5. The van der Waals surface area contributed by atoms with E-state index in [0.29, 0.717) is 16.3 Å². The van der Waals surface area contributed by atoms with Crippen molar-refractivity contribution in [1.82, 2.24) is 9.89 Å². The van der Waals surface area contributed by atoms with Gasteiger partial charge in [-0.05, 0) is 42.5 Å². The Hall–Kier alpha value is -3.23. The van der Waals surface area contributed by atoms with Gasteiger partial charge in [-0.25, -0.2) is 8.78 Å². The summed E-state index contributed by atoms with van der Waals surface area (Å²) in [6.45, 7) is 0. The van der Waals surface area contributed by atoms with Crippen molar-refractivity contribution >= 4 is 21.6 Å². The fourth-order valence-corrected chi connectivity index (χ4v) is 4.01. The normalized spacial score (nSPS) is 11.4. The fourth-order valence-electron chi connectivity index (χ4n) is 2.90. The van der Waals surface area contributed by atoms with Gasteiger partial charge in [0.25, 0.3) is 10.0 Å². The average Bonchev–Trinajstić information content (AvgIpc) is 3.12. The minimum Gasteiger partial charge on any atom is -0.206 e. The van der Waals surface area contributed by atoms with Gasteiger partial charge in [-0.3, -0.25) is 0 Å². The van der Waals surface area contributed by atoms with Crippen LogP contribution in [0.1, 0.15) is 0 Å². The molecule has 0 amide bonds. The molecular formula is C21H14ClF2N3O2S. The molecule has 0 spiro atoms. The van der Waals surface area contributed by atoms with E-state index < -0.39 is 27.2 Å². The molecule has 1 aromatic heterocycles. The van der Waals surface area contributed by atoms with Crippen LogP contribution in [-0.2, 0) is 10.0 Å². The molecule has 0 aliphatic heterocycles. The second kappa shape index (κ2) is 7.89. The molecule has 5 nitrogen and oxygen atoms in total. The van der Waals surface area contributed by atoms with Gasteiger partial charge in [-0.15, -0.1) is 0 Å². The molecule has 152 valence electrons. The zero-order valence-corrected chi connectivity index (χ0v) is 16.8. The Labute approximate surface area is 176 Å². The van der Waals surface area contributed by atoms with Crippen LogP contribution in [0.15, 0.2) is 83.8 Å². The average molecular weight is 446 g/mol. The lowest BCUT2D eigenvalue weighted by atomic mass is 10.1. The summed E-state index contributed by atoms with van der Waals surface area (Å²) in [6.07, 6.45) is 0. The van der Waals surface area contributed by atoms with Crippen molar-refractivity contribution in [1.29, 1.82) is 0 Å². The maximum atomic E-state index is 14.5. The Kier molecular flexibility index (Phi) is 5.27. The molecule has 3 aromatic carbocycles. The van der Waals surface area contributed by atoms with E-state index in [2.05, 4.69) is 9.93 Å². The van der Waals surface area contributed by atoms with Crippen LogP contribution in [0.3, 0.4) is 0 Å². The Morgan fingerprint density at radius 2 is 1.50 bits per heavy atom. The molecule has 0 aliphatic rings. The topological polar surface area (TPSA) is 64.0 Å². The SMILES string of the molecule is O=S(=O)(Nn1nc(-c2ccc(Cl)cc2)cc1-c1c(F)cccc1F)c1ccccc1. The Balaban J connectivity index is 1.87. The number of sulfonamides is 1. The summed E-state index contributed by atoms with van der Waals surface area (Å²) in [7, 11) is -4.06. The zero-order valence-electron chi connectivity index (χ0n) is 15.3. The van der Waals surface area contributed by atoms with Gasteiger partial charge in [-0.2, -0.15) is 23.1 Å². The van der Waals surface area contributed by atoms with E-state index in [4.69, 9.17) is 11.6 Å². The molecule has 0 atom stereocenters. The predicted molar refractivity (Wildman–Crippen MR) is 111 cm³/mol. The van der Waals surface area contributed by atoms with Gasteiger partial charge in [0.1, 0.15) is 11.6 Å². The third-order valence-corrected chi connectivity index (χ3v) is 5.89. The lowest BCUT2D eigenvalue weighted by molar-refractivity contribution is 0.581. The van der Waals surface area contributed by atoms with Crippen molar-refractivity contribution in [2.75, 3.05) is 4.83 Å². The van der Waals surface area contributed by atoms with Crippen molar-refractivity contribution < 1.29 is 17.2 Å². The minimum atomic E-state index is -4.06. The predicted octanol–water partition coefficient (Wildman–Crippen LogP) is 5.08. The lowest BCUT2D eigenvalue weighted by Crippen LogP contribution is -2.25. The first-order valence-electron chi connectivity index (χ1n) is 8.73. The summed E-state index contributed by atoms with van der Waals surface area (Å²) in [4.78, 5) is 3.11. The molecule has 0 radical (unpaired) electrons. The van der Waals surface area contributed by atoms with Crippen LogP contribution in [0.25, 0.3) is 22.5 Å². The highest BCUT2D eigenvalue weighted by Crippen LogP contribution is 2.30. The van der Waals surface area contributed by atoms with Crippen LogP contribution < -0.4 is 4.83 Å². The number of hydrogen-bond donors (Lipinski definition) is 1. The summed E-state index contributed by atoms with van der Waals surface area (Å²) in [6, 6.07) is 19.0. The number of rotatable bonds is 5. The lowest BCUT2D eigenvalue weighted by Gasteiger charge is -2.12. The van der Waals surface area contributed by atoms with Gasteiger partial charge in [0, 0.05) is 10.6 Å². The smallest absolute Gasteiger partial charge is 0.206 e. The second-order valence-electron chi connectivity index (χ2n) is 6.34. The summed E-state index contributed by atoms with van der Waals surface area (Å²) < 4.78 is 54.5. The van der Waals surface area contributed by atoms with Gasteiger partial charge in [0.15, 0.2) is 0 Å². The maximum Gasteiger partial charge on any atom is 0.276 e. The number of nitrogens with one attached hydrogen (secondary N) is 1. The zero-order chi connectivity index (χ0) is 21.3. The first-order chi connectivity index (χ1) is 14.3. The largest absolute Gasteiger partial charge is 0.276 e. The van der Waals surface area contributed by atoms with Crippen molar-refractivity contribution in [2.24, 2.45) is 0 Å². The standard InChI is InChI=1S/C21H14ClF2N3O2S/c22-15-11-9-14(10-12-15)19-13-20(21-17(23)7-4-8-18(21)24)27(25-19)26-30(28,29)16-5-2-1-3-6-16/h1-13,26H. The molecule has 0 saturated heterocycles. The molecule has 0 fully saturated rings. The number of benzene rings is 3. The minimum absolute atomic E-state index is 0.0199. The quantitative estimate of drug-likeness (QED) is 0.466. The van der Waals surface area contributed by atoms with E-state index in [1.807, 2.05) is 0 Å². The summed E-state index contributed by atoms with van der Waals surface area (Å²) in [5.41, 5.74) is 0.408. The van der Waals surface area contributed by atoms with Gasteiger partial charge < -0.3 is 0 Å². The van der Waals surface area contributed by atoms with E-state index in [1.54, 1.807) is 42.5 Å². The van der Waals surface area contributed by atoms with Gasteiger partial charge in [-0.1, -0.05) is 48.0 Å². The van der Waals surface area contributed by atoms with E-state index in [-0.39, 0.29) is 10.6 Å².